The molecular weight excluding hydrogens is 242 g/mol. The molecule has 0 radical (unpaired) electrons. The average Bonchev–Trinajstić information content (AvgIpc) is 2.13. The Hall–Kier alpha value is -0.773. The van der Waals surface area contributed by atoms with E-state index in [-0.39, 0.29) is 23.9 Å². The number of rotatable bonds is 5. The third-order valence-electron chi connectivity index (χ3n) is 2.77. The lowest BCUT2D eigenvalue weighted by atomic mass is 10.2. The fraction of sp³-hybridized carbons (Fsp3) is 0.786. The van der Waals surface area contributed by atoms with Crippen LogP contribution < -0.4 is 0 Å². The van der Waals surface area contributed by atoms with Gasteiger partial charge in [0.2, 0.25) is 0 Å². The van der Waals surface area contributed by atoms with E-state index in [4.69, 9.17) is 4.74 Å². The van der Waals surface area contributed by atoms with E-state index in [0.717, 1.165) is 0 Å². The van der Waals surface area contributed by atoms with Gasteiger partial charge in [-0.25, -0.2) is 4.79 Å². The number of amides is 1. The number of nitrogens with zero attached hydrogens (tertiary/aromatic N) is 1. The molecule has 0 aromatic rings. The Bertz CT molecular complexity index is 285. The zero-order chi connectivity index (χ0) is 14.5. The first-order valence-corrected chi connectivity index (χ1v) is 10.3. The minimum absolute atomic E-state index is 0.0602. The molecule has 0 bridgehead atoms. The van der Waals surface area contributed by atoms with Gasteiger partial charge in [-0.05, 0) is 34.6 Å². The number of ether oxygens (including phenoxy) is 1. The third kappa shape index (κ3) is 5.25. The van der Waals surface area contributed by atoms with Gasteiger partial charge in [0.15, 0.2) is 0 Å². The van der Waals surface area contributed by atoms with Gasteiger partial charge in [0.25, 0.3) is 0 Å². The summed E-state index contributed by atoms with van der Waals surface area (Å²) in [5.74, 6) is 0. The van der Waals surface area contributed by atoms with Gasteiger partial charge in [-0.15, -0.1) is 0 Å². The predicted octanol–water partition coefficient (Wildman–Crippen LogP) is 4.06. The van der Waals surface area contributed by atoms with Crippen LogP contribution in [0.2, 0.25) is 19.6 Å². The van der Waals surface area contributed by atoms with Crippen LogP contribution in [-0.2, 0) is 4.74 Å². The van der Waals surface area contributed by atoms with Crippen molar-refractivity contribution in [3.05, 3.63) is 12.2 Å². The molecule has 106 valence electrons. The van der Waals surface area contributed by atoms with E-state index >= 15 is 0 Å². The van der Waals surface area contributed by atoms with Gasteiger partial charge in [-0.1, -0.05) is 31.8 Å². The molecule has 1 unspecified atom stereocenters. The highest BCUT2D eigenvalue weighted by atomic mass is 28.3. The lowest BCUT2D eigenvalue weighted by Crippen LogP contribution is -2.47. The van der Waals surface area contributed by atoms with E-state index in [1.807, 2.05) is 46.8 Å². The Morgan fingerprint density at radius 2 is 1.56 bits per heavy atom. The van der Waals surface area contributed by atoms with E-state index in [9.17, 15) is 4.79 Å². The number of allylic oxidation sites excluding steroid dienone is 1. The molecule has 1 amide bonds. The normalized spacial score (nSPS) is 14.3. The van der Waals surface area contributed by atoms with Crippen molar-refractivity contribution in [1.82, 2.24) is 4.90 Å². The fourth-order valence-electron chi connectivity index (χ4n) is 1.87. The topological polar surface area (TPSA) is 29.5 Å². The Balaban J connectivity index is 4.89. The largest absolute Gasteiger partial charge is 0.446 e. The van der Waals surface area contributed by atoms with Crippen molar-refractivity contribution in [2.75, 3.05) is 0 Å². The summed E-state index contributed by atoms with van der Waals surface area (Å²) in [6, 6.07) is 0.316. The summed E-state index contributed by atoms with van der Waals surface area (Å²) in [5.41, 5.74) is -0.0602. The maximum Gasteiger partial charge on any atom is 0.410 e. The Morgan fingerprint density at radius 3 is 1.83 bits per heavy atom. The summed E-state index contributed by atoms with van der Waals surface area (Å²) >= 11 is 0. The highest BCUT2D eigenvalue weighted by molar-refractivity contribution is 6.77. The van der Waals surface area contributed by atoms with E-state index in [1.165, 1.54) is 0 Å². The summed E-state index contributed by atoms with van der Waals surface area (Å²) in [6.45, 7) is 16.6. The summed E-state index contributed by atoms with van der Waals surface area (Å²) in [6.07, 6.45) is 3.76. The first-order valence-electron chi connectivity index (χ1n) is 6.73. The molecule has 0 aliphatic rings. The van der Waals surface area contributed by atoms with Gasteiger partial charge < -0.3 is 9.64 Å². The molecule has 1 atom stereocenters. The number of hydrogen-bond acceptors (Lipinski definition) is 2. The smallest absolute Gasteiger partial charge is 0.410 e. The quantitative estimate of drug-likeness (QED) is 0.557. The van der Waals surface area contributed by atoms with Crippen LogP contribution in [0.1, 0.15) is 34.6 Å². The zero-order valence-corrected chi connectivity index (χ0v) is 14.2. The summed E-state index contributed by atoms with van der Waals surface area (Å²) in [4.78, 5) is 14.0. The van der Waals surface area contributed by atoms with Crippen LogP contribution in [0.15, 0.2) is 12.2 Å². The second-order valence-corrected chi connectivity index (χ2v) is 11.6. The molecule has 0 saturated carbocycles. The second-order valence-electron chi connectivity index (χ2n) is 6.29. The monoisotopic (exact) mass is 271 g/mol. The van der Waals surface area contributed by atoms with Crippen molar-refractivity contribution >= 4 is 14.2 Å². The maximum atomic E-state index is 12.3. The van der Waals surface area contributed by atoms with Crippen molar-refractivity contribution in [2.24, 2.45) is 0 Å². The van der Waals surface area contributed by atoms with Gasteiger partial charge in [0, 0.05) is 12.1 Å². The second kappa shape index (κ2) is 6.97. The van der Waals surface area contributed by atoms with Crippen LogP contribution in [0.25, 0.3) is 0 Å². The molecule has 0 fully saturated rings. The fourth-order valence-corrected chi connectivity index (χ4v) is 3.09. The van der Waals surface area contributed by atoms with Crippen LogP contribution >= 0.6 is 0 Å². The molecule has 0 aromatic heterocycles. The lowest BCUT2D eigenvalue weighted by molar-refractivity contribution is 0.0766. The Labute approximate surface area is 113 Å². The molecule has 0 aromatic carbocycles. The van der Waals surface area contributed by atoms with Crippen molar-refractivity contribution in [2.45, 2.75) is 72.1 Å². The molecule has 4 heteroatoms. The summed E-state index contributed by atoms with van der Waals surface area (Å²) in [7, 11) is -1.54. The Kier molecular flexibility index (Phi) is 6.67. The SMILES string of the molecule is C/C=C\C(OC(=O)N(C(C)C)C(C)C)[Si](C)(C)C. The van der Waals surface area contributed by atoms with Crippen LogP contribution in [0.4, 0.5) is 4.79 Å². The standard InChI is InChI=1S/C14H29NO2Si/c1-9-10-13(18(6,7)8)17-14(16)15(11(2)3)12(4)5/h9-13H,1-8H3/b10-9-. The van der Waals surface area contributed by atoms with Crippen LogP contribution in [0.5, 0.6) is 0 Å². The summed E-state index contributed by atoms with van der Waals surface area (Å²) < 4.78 is 5.70. The number of carbonyl (C=O) groups is 1. The summed E-state index contributed by atoms with van der Waals surface area (Å²) in [5, 5.41) is 0. The minimum Gasteiger partial charge on any atom is -0.446 e. The Morgan fingerprint density at radius 1 is 1.11 bits per heavy atom. The van der Waals surface area contributed by atoms with E-state index in [2.05, 4.69) is 19.6 Å². The van der Waals surface area contributed by atoms with Crippen molar-refractivity contribution in [3.8, 4) is 0 Å². The molecule has 0 aliphatic heterocycles. The molecule has 0 saturated heterocycles. The number of carbonyl (C=O) groups excluding carboxylic acids is 1. The lowest BCUT2D eigenvalue weighted by Gasteiger charge is -2.33. The highest BCUT2D eigenvalue weighted by Crippen LogP contribution is 2.16. The van der Waals surface area contributed by atoms with Gasteiger partial charge in [0.05, 0.1) is 8.07 Å². The van der Waals surface area contributed by atoms with Crippen LogP contribution in [0.3, 0.4) is 0 Å². The minimum atomic E-state index is -1.54. The predicted molar refractivity (Wildman–Crippen MR) is 80.5 cm³/mol. The van der Waals surface area contributed by atoms with Crippen LogP contribution in [0, 0.1) is 0 Å². The van der Waals surface area contributed by atoms with E-state index < -0.39 is 8.07 Å². The highest BCUT2D eigenvalue weighted by Gasteiger charge is 2.31. The van der Waals surface area contributed by atoms with E-state index in [1.54, 1.807) is 4.90 Å². The molecule has 0 aliphatic carbocycles. The first kappa shape index (κ1) is 17.2. The van der Waals surface area contributed by atoms with Gasteiger partial charge >= 0.3 is 6.09 Å². The molecule has 18 heavy (non-hydrogen) atoms. The van der Waals surface area contributed by atoms with Crippen molar-refractivity contribution in [1.29, 1.82) is 0 Å². The van der Waals surface area contributed by atoms with Gasteiger partial charge in [0.1, 0.15) is 5.73 Å². The molecule has 0 heterocycles. The molecule has 0 spiro atoms. The maximum absolute atomic E-state index is 12.3. The number of hydrogen-bond donors (Lipinski definition) is 0. The van der Waals surface area contributed by atoms with Crippen molar-refractivity contribution in [3.63, 3.8) is 0 Å². The molecule has 0 N–H and O–H groups in total. The molecular formula is C14H29NO2Si. The average molecular weight is 271 g/mol. The zero-order valence-electron chi connectivity index (χ0n) is 13.2. The third-order valence-corrected chi connectivity index (χ3v) is 4.79. The molecule has 0 rings (SSSR count). The van der Waals surface area contributed by atoms with Gasteiger partial charge in [-0.3, -0.25) is 0 Å². The van der Waals surface area contributed by atoms with Crippen LogP contribution in [-0.4, -0.2) is 36.9 Å². The van der Waals surface area contributed by atoms with E-state index in [0.29, 0.717) is 0 Å². The molecule has 3 nitrogen and oxygen atoms in total. The first-order chi connectivity index (χ1) is 8.11. The van der Waals surface area contributed by atoms with Gasteiger partial charge in [-0.2, -0.15) is 0 Å². The van der Waals surface area contributed by atoms with Crippen molar-refractivity contribution < 1.29 is 9.53 Å².